The van der Waals surface area contributed by atoms with E-state index in [1.807, 2.05) is 24.6 Å². The van der Waals surface area contributed by atoms with Crippen molar-refractivity contribution >= 4 is 0 Å². The van der Waals surface area contributed by atoms with Gasteiger partial charge in [-0.15, -0.1) is 0 Å². The number of aliphatic hydroxyl groups is 2. The first kappa shape index (κ1) is 13.6. The van der Waals surface area contributed by atoms with Crippen LogP contribution >= 0.6 is 0 Å². The summed E-state index contributed by atoms with van der Waals surface area (Å²) in [5.41, 5.74) is 1.09. The molecule has 0 aliphatic heterocycles. The lowest BCUT2D eigenvalue weighted by Gasteiger charge is -2.36. The van der Waals surface area contributed by atoms with Crippen LogP contribution in [0.4, 0.5) is 0 Å². The average Bonchev–Trinajstić information content (AvgIpc) is 2.70. The third kappa shape index (κ3) is 2.75. The van der Waals surface area contributed by atoms with Crippen molar-refractivity contribution in [1.82, 2.24) is 9.78 Å². The Labute approximate surface area is 109 Å². The number of aryl methyl sites for hydroxylation is 2. The summed E-state index contributed by atoms with van der Waals surface area (Å²) in [5, 5.41) is 25.2. The monoisotopic (exact) mass is 252 g/mol. The number of hydrogen-bond donors (Lipinski definition) is 2. The van der Waals surface area contributed by atoms with E-state index in [0.717, 1.165) is 30.8 Å². The maximum Gasteiger partial charge on any atom is 0.0909 e. The fraction of sp³-hybridized carbons (Fsp3) is 0.786. The van der Waals surface area contributed by atoms with Crippen molar-refractivity contribution in [2.75, 3.05) is 0 Å². The van der Waals surface area contributed by atoms with Crippen molar-refractivity contribution in [2.45, 2.75) is 70.6 Å². The van der Waals surface area contributed by atoms with E-state index in [2.05, 4.69) is 5.10 Å². The van der Waals surface area contributed by atoms with E-state index in [4.69, 9.17) is 0 Å². The van der Waals surface area contributed by atoms with Gasteiger partial charge in [0.2, 0.25) is 0 Å². The fourth-order valence-corrected chi connectivity index (χ4v) is 2.92. The molecule has 1 aromatic heterocycles. The second-order valence-corrected chi connectivity index (χ2v) is 5.48. The van der Waals surface area contributed by atoms with Crippen molar-refractivity contribution in [3.63, 3.8) is 0 Å². The van der Waals surface area contributed by atoms with Crippen LogP contribution in [0, 0.1) is 6.92 Å². The van der Waals surface area contributed by atoms with Gasteiger partial charge in [-0.05, 0) is 32.8 Å². The fourth-order valence-electron chi connectivity index (χ4n) is 2.92. The Morgan fingerprint density at radius 3 is 2.67 bits per heavy atom. The molecule has 4 nitrogen and oxygen atoms in total. The summed E-state index contributed by atoms with van der Waals surface area (Å²) >= 11 is 0. The second-order valence-electron chi connectivity index (χ2n) is 5.48. The zero-order valence-electron chi connectivity index (χ0n) is 11.4. The molecular formula is C14H24N2O2. The molecule has 4 heteroatoms. The van der Waals surface area contributed by atoms with E-state index in [-0.39, 0.29) is 0 Å². The van der Waals surface area contributed by atoms with E-state index < -0.39 is 11.7 Å². The van der Waals surface area contributed by atoms with Crippen molar-refractivity contribution in [3.05, 3.63) is 17.5 Å². The predicted molar refractivity (Wildman–Crippen MR) is 70.4 cm³/mol. The Bertz CT molecular complexity index is 394. The van der Waals surface area contributed by atoms with Gasteiger partial charge >= 0.3 is 0 Å². The molecule has 1 fully saturated rings. The summed E-state index contributed by atoms with van der Waals surface area (Å²) in [7, 11) is 0. The SMILES string of the molecule is CCn1nc(C)cc1CC(O)C1(O)CCCCC1. The number of hydrogen-bond acceptors (Lipinski definition) is 3. The Morgan fingerprint density at radius 1 is 1.39 bits per heavy atom. The largest absolute Gasteiger partial charge is 0.390 e. The number of aromatic nitrogens is 2. The number of nitrogens with zero attached hydrogens (tertiary/aromatic N) is 2. The Morgan fingerprint density at radius 2 is 2.06 bits per heavy atom. The van der Waals surface area contributed by atoms with Gasteiger partial charge in [0.05, 0.1) is 17.4 Å². The van der Waals surface area contributed by atoms with Gasteiger partial charge in [-0.25, -0.2) is 0 Å². The molecule has 1 saturated carbocycles. The number of rotatable bonds is 4. The van der Waals surface area contributed by atoms with Gasteiger partial charge in [-0.1, -0.05) is 19.3 Å². The highest BCUT2D eigenvalue weighted by atomic mass is 16.3. The molecule has 102 valence electrons. The van der Waals surface area contributed by atoms with E-state index in [0.29, 0.717) is 19.3 Å². The molecule has 0 spiro atoms. The quantitative estimate of drug-likeness (QED) is 0.859. The summed E-state index contributed by atoms with van der Waals surface area (Å²) in [5.74, 6) is 0. The predicted octanol–water partition coefficient (Wildman–Crippen LogP) is 1.81. The molecule has 1 aromatic rings. The minimum Gasteiger partial charge on any atom is -0.390 e. The van der Waals surface area contributed by atoms with E-state index in [1.165, 1.54) is 6.42 Å². The highest BCUT2D eigenvalue weighted by Gasteiger charge is 2.37. The summed E-state index contributed by atoms with van der Waals surface area (Å²) in [6, 6.07) is 2.00. The third-order valence-corrected chi connectivity index (χ3v) is 4.03. The molecule has 1 aliphatic rings. The zero-order valence-corrected chi connectivity index (χ0v) is 11.4. The summed E-state index contributed by atoms with van der Waals surface area (Å²) in [6.07, 6.45) is 4.44. The summed E-state index contributed by atoms with van der Waals surface area (Å²) in [4.78, 5) is 0. The van der Waals surface area contributed by atoms with Crippen LogP contribution in [-0.4, -0.2) is 31.7 Å². The topological polar surface area (TPSA) is 58.3 Å². The van der Waals surface area contributed by atoms with Gasteiger partial charge < -0.3 is 10.2 Å². The first-order valence-corrected chi connectivity index (χ1v) is 6.99. The Hall–Kier alpha value is -0.870. The van der Waals surface area contributed by atoms with Gasteiger partial charge in [-0.2, -0.15) is 5.10 Å². The van der Waals surface area contributed by atoms with Crippen LogP contribution in [0.25, 0.3) is 0 Å². The minimum atomic E-state index is -0.894. The van der Waals surface area contributed by atoms with Crippen LogP contribution in [-0.2, 0) is 13.0 Å². The second kappa shape index (κ2) is 5.41. The minimum absolute atomic E-state index is 0.491. The molecule has 2 rings (SSSR count). The van der Waals surface area contributed by atoms with Crippen LogP contribution in [0.15, 0.2) is 6.07 Å². The molecule has 1 aliphatic carbocycles. The summed E-state index contributed by atoms with van der Waals surface area (Å²) in [6.45, 7) is 4.79. The molecule has 1 heterocycles. The van der Waals surface area contributed by atoms with Crippen LogP contribution in [0.2, 0.25) is 0 Å². The summed E-state index contributed by atoms with van der Waals surface area (Å²) < 4.78 is 1.91. The molecule has 0 bridgehead atoms. The first-order valence-electron chi connectivity index (χ1n) is 6.99. The van der Waals surface area contributed by atoms with Crippen LogP contribution in [0.3, 0.4) is 0 Å². The van der Waals surface area contributed by atoms with Gasteiger partial charge in [0.15, 0.2) is 0 Å². The molecule has 2 N–H and O–H groups in total. The Balaban J connectivity index is 2.07. The zero-order chi connectivity index (χ0) is 13.2. The van der Waals surface area contributed by atoms with Crippen molar-refractivity contribution in [2.24, 2.45) is 0 Å². The smallest absolute Gasteiger partial charge is 0.0909 e. The normalized spacial score (nSPS) is 20.9. The van der Waals surface area contributed by atoms with Gasteiger partial charge in [0.25, 0.3) is 0 Å². The van der Waals surface area contributed by atoms with Gasteiger partial charge in [0, 0.05) is 18.7 Å². The standard InChI is InChI=1S/C14H24N2O2/c1-3-16-12(9-11(2)15-16)10-13(17)14(18)7-5-4-6-8-14/h9,13,17-18H,3-8,10H2,1-2H3. The molecule has 1 atom stereocenters. The number of aliphatic hydroxyl groups excluding tert-OH is 1. The molecule has 18 heavy (non-hydrogen) atoms. The van der Waals surface area contributed by atoms with Crippen LogP contribution < -0.4 is 0 Å². The van der Waals surface area contributed by atoms with Crippen molar-refractivity contribution in [3.8, 4) is 0 Å². The lowest BCUT2D eigenvalue weighted by Crippen LogP contribution is -2.45. The maximum atomic E-state index is 10.5. The van der Waals surface area contributed by atoms with Gasteiger partial charge in [0.1, 0.15) is 0 Å². The molecule has 0 radical (unpaired) electrons. The van der Waals surface area contributed by atoms with Gasteiger partial charge in [-0.3, -0.25) is 4.68 Å². The highest BCUT2D eigenvalue weighted by molar-refractivity contribution is 5.11. The highest BCUT2D eigenvalue weighted by Crippen LogP contribution is 2.32. The van der Waals surface area contributed by atoms with Crippen LogP contribution in [0.5, 0.6) is 0 Å². The molecule has 1 unspecified atom stereocenters. The van der Waals surface area contributed by atoms with Crippen LogP contribution in [0.1, 0.15) is 50.4 Å². The molecule has 0 saturated heterocycles. The van der Waals surface area contributed by atoms with E-state index >= 15 is 0 Å². The Kier molecular flexibility index (Phi) is 4.07. The van der Waals surface area contributed by atoms with E-state index in [9.17, 15) is 10.2 Å². The third-order valence-electron chi connectivity index (χ3n) is 4.03. The lowest BCUT2D eigenvalue weighted by atomic mass is 9.79. The molecule has 0 aromatic carbocycles. The first-order chi connectivity index (χ1) is 8.55. The van der Waals surface area contributed by atoms with Crippen molar-refractivity contribution < 1.29 is 10.2 Å². The molecule has 0 amide bonds. The maximum absolute atomic E-state index is 10.5. The lowest BCUT2D eigenvalue weighted by molar-refractivity contribution is -0.0966. The van der Waals surface area contributed by atoms with E-state index in [1.54, 1.807) is 0 Å². The van der Waals surface area contributed by atoms with Crippen molar-refractivity contribution in [1.29, 1.82) is 0 Å². The molecular weight excluding hydrogens is 228 g/mol. The average molecular weight is 252 g/mol.